The van der Waals surface area contributed by atoms with Crippen LogP contribution < -0.4 is 9.64 Å². The molecule has 0 bridgehead atoms. The molecule has 1 unspecified atom stereocenters. The lowest BCUT2D eigenvalue weighted by atomic mass is 9.90. The molecule has 5 heteroatoms. The van der Waals surface area contributed by atoms with Crippen molar-refractivity contribution < 1.29 is 14.6 Å². The highest BCUT2D eigenvalue weighted by Gasteiger charge is 2.27. The Labute approximate surface area is 231 Å². The number of fused-ring (bicyclic) bond motifs is 2. The zero-order valence-corrected chi connectivity index (χ0v) is 23.1. The molecule has 5 rings (SSSR count). The molecule has 1 N–H and O–H groups in total. The van der Waals surface area contributed by atoms with Crippen molar-refractivity contribution in [3.05, 3.63) is 102 Å². The van der Waals surface area contributed by atoms with E-state index in [4.69, 9.17) is 4.74 Å². The van der Waals surface area contributed by atoms with Gasteiger partial charge in [-0.05, 0) is 77.3 Å². The van der Waals surface area contributed by atoms with Crippen molar-refractivity contribution in [1.82, 2.24) is 0 Å². The number of benzene rings is 4. The van der Waals surface area contributed by atoms with Gasteiger partial charge in [0.15, 0.2) is 0 Å². The van der Waals surface area contributed by atoms with Crippen molar-refractivity contribution in [2.24, 2.45) is 0 Å². The Balaban J connectivity index is 0.00000336. The Morgan fingerprint density at radius 1 is 0.947 bits per heavy atom. The molecule has 38 heavy (non-hydrogen) atoms. The van der Waals surface area contributed by atoms with Gasteiger partial charge in [0.2, 0.25) is 0 Å². The van der Waals surface area contributed by atoms with Crippen molar-refractivity contribution in [3.63, 3.8) is 0 Å². The fourth-order valence-corrected chi connectivity index (χ4v) is 5.58. The number of hydrogen-bond acceptors (Lipinski definition) is 3. The number of hydrogen-bond donors (Lipinski definition) is 1. The molecular weight excluding hydrogens is 494 g/mol. The van der Waals surface area contributed by atoms with Gasteiger partial charge < -0.3 is 14.7 Å². The summed E-state index contributed by atoms with van der Waals surface area (Å²) in [5.41, 5.74) is 4.51. The van der Waals surface area contributed by atoms with Gasteiger partial charge in [0.05, 0.1) is 17.8 Å². The summed E-state index contributed by atoms with van der Waals surface area (Å²) in [5, 5.41) is 12.5. The van der Waals surface area contributed by atoms with Gasteiger partial charge in [0.1, 0.15) is 11.9 Å². The van der Waals surface area contributed by atoms with Crippen LogP contribution in [-0.2, 0) is 0 Å². The standard InChI is InChI=1S/C33H35NO3.ClH/c1-22(2)27-19-18-25(20-30(27)33(35)36)34-21-26(37-32-17-7-6-16-31(32)34)13-8-10-23(3)28-15-9-12-24-11-4-5-14-29(24)28;/h4-7,9,11-12,14-20,22-23,26H,8,10,13,21H2,1-3H3,(H,35,36);1H/t23-,26?;/m0./s1. The van der Waals surface area contributed by atoms with Gasteiger partial charge in [-0.15, -0.1) is 12.4 Å². The summed E-state index contributed by atoms with van der Waals surface area (Å²) in [7, 11) is 0. The number of carbonyl (C=O) groups is 1. The van der Waals surface area contributed by atoms with E-state index in [-0.39, 0.29) is 24.4 Å². The Morgan fingerprint density at radius 2 is 1.68 bits per heavy atom. The summed E-state index contributed by atoms with van der Waals surface area (Å²) < 4.78 is 6.42. The van der Waals surface area contributed by atoms with E-state index in [1.807, 2.05) is 56.3 Å². The van der Waals surface area contributed by atoms with Gasteiger partial charge in [-0.3, -0.25) is 0 Å². The molecule has 4 aromatic rings. The van der Waals surface area contributed by atoms with Crippen LogP contribution in [0.4, 0.5) is 11.4 Å². The smallest absolute Gasteiger partial charge is 0.336 e. The third-order valence-corrected chi connectivity index (χ3v) is 7.55. The molecule has 4 nitrogen and oxygen atoms in total. The summed E-state index contributed by atoms with van der Waals surface area (Å²) in [6.45, 7) is 7.07. The van der Waals surface area contributed by atoms with E-state index in [9.17, 15) is 9.90 Å². The van der Waals surface area contributed by atoms with Crippen molar-refractivity contribution in [1.29, 1.82) is 0 Å². The van der Waals surface area contributed by atoms with Crippen LogP contribution >= 0.6 is 12.4 Å². The second-order valence-electron chi connectivity index (χ2n) is 10.4. The topological polar surface area (TPSA) is 49.8 Å². The third-order valence-electron chi connectivity index (χ3n) is 7.55. The molecule has 0 aromatic heterocycles. The molecule has 0 saturated heterocycles. The minimum atomic E-state index is -0.883. The SMILES string of the molecule is CC(C)c1ccc(N2CC(CCC[C@H](C)c3cccc4ccccc34)Oc3ccccc32)cc1C(=O)O.Cl. The molecule has 0 aliphatic carbocycles. The summed E-state index contributed by atoms with van der Waals surface area (Å²) in [6.07, 6.45) is 3.11. The highest BCUT2D eigenvalue weighted by molar-refractivity contribution is 5.91. The highest BCUT2D eigenvalue weighted by atomic mass is 35.5. The zero-order chi connectivity index (χ0) is 25.9. The van der Waals surface area contributed by atoms with Crippen LogP contribution in [0.1, 0.15) is 73.4 Å². The highest BCUT2D eigenvalue weighted by Crippen LogP contribution is 2.40. The van der Waals surface area contributed by atoms with Crippen molar-refractivity contribution in [3.8, 4) is 5.75 Å². The quantitative estimate of drug-likeness (QED) is 0.247. The lowest BCUT2D eigenvalue weighted by molar-refractivity contribution is 0.0695. The van der Waals surface area contributed by atoms with Gasteiger partial charge in [-0.25, -0.2) is 4.79 Å². The first-order valence-electron chi connectivity index (χ1n) is 13.3. The molecule has 0 spiro atoms. The van der Waals surface area contributed by atoms with Crippen LogP contribution in [0.15, 0.2) is 84.9 Å². The number of aromatic carboxylic acids is 1. The molecule has 4 aromatic carbocycles. The van der Waals surface area contributed by atoms with Crippen LogP contribution in [0.2, 0.25) is 0 Å². The van der Waals surface area contributed by atoms with Crippen molar-refractivity contribution >= 4 is 40.5 Å². The van der Waals surface area contributed by atoms with Crippen LogP contribution in [0.3, 0.4) is 0 Å². The number of anilines is 2. The first-order valence-corrected chi connectivity index (χ1v) is 13.3. The fourth-order valence-electron chi connectivity index (χ4n) is 5.58. The molecule has 198 valence electrons. The largest absolute Gasteiger partial charge is 0.486 e. The Morgan fingerprint density at radius 3 is 2.47 bits per heavy atom. The van der Waals surface area contributed by atoms with Crippen LogP contribution in [-0.4, -0.2) is 23.7 Å². The molecule has 0 amide bonds. The molecular formula is C33H36ClNO3. The Hall–Kier alpha value is -3.50. The summed E-state index contributed by atoms with van der Waals surface area (Å²) in [4.78, 5) is 14.2. The molecule has 1 aliphatic heterocycles. The normalized spacial score (nSPS) is 15.5. The second-order valence-corrected chi connectivity index (χ2v) is 10.4. The lowest BCUT2D eigenvalue weighted by Gasteiger charge is -2.37. The third kappa shape index (κ3) is 5.66. The Kier molecular flexibility index (Phi) is 8.63. The predicted molar refractivity (Wildman–Crippen MR) is 159 cm³/mol. The predicted octanol–water partition coefficient (Wildman–Crippen LogP) is 8.96. The van der Waals surface area contributed by atoms with E-state index in [1.54, 1.807) is 0 Å². The summed E-state index contributed by atoms with van der Waals surface area (Å²) in [5.74, 6) is 0.574. The lowest BCUT2D eigenvalue weighted by Crippen LogP contribution is -2.37. The molecule has 0 saturated carbocycles. The maximum atomic E-state index is 12.0. The van der Waals surface area contributed by atoms with Gasteiger partial charge in [-0.1, -0.05) is 81.4 Å². The van der Waals surface area contributed by atoms with E-state index in [0.29, 0.717) is 18.0 Å². The first kappa shape index (κ1) is 27.5. The van der Waals surface area contributed by atoms with Gasteiger partial charge >= 0.3 is 5.97 Å². The average molecular weight is 530 g/mol. The fraction of sp³-hybridized carbons (Fsp3) is 0.303. The van der Waals surface area contributed by atoms with E-state index in [1.165, 1.54) is 16.3 Å². The van der Waals surface area contributed by atoms with Gasteiger partial charge in [0, 0.05) is 5.69 Å². The van der Waals surface area contributed by atoms with Gasteiger partial charge in [-0.2, -0.15) is 0 Å². The second kappa shape index (κ2) is 11.9. The molecule has 1 aliphatic rings. The van der Waals surface area contributed by atoms with E-state index >= 15 is 0 Å². The minimum Gasteiger partial charge on any atom is -0.486 e. The Bertz CT molecular complexity index is 1410. The summed E-state index contributed by atoms with van der Waals surface area (Å²) >= 11 is 0. The van der Waals surface area contributed by atoms with Crippen LogP contribution in [0.25, 0.3) is 10.8 Å². The number of rotatable bonds is 8. The first-order chi connectivity index (χ1) is 17.9. The van der Waals surface area contributed by atoms with Crippen molar-refractivity contribution in [2.75, 3.05) is 11.4 Å². The monoisotopic (exact) mass is 529 g/mol. The van der Waals surface area contributed by atoms with Crippen LogP contribution in [0.5, 0.6) is 5.75 Å². The van der Waals surface area contributed by atoms with E-state index in [0.717, 1.165) is 42.0 Å². The maximum absolute atomic E-state index is 12.0. The molecule has 0 fully saturated rings. The zero-order valence-electron chi connectivity index (χ0n) is 22.3. The van der Waals surface area contributed by atoms with Gasteiger partial charge in [0.25, 0.3) is 0 Å². The molecule has 0 radical (unpaired) electrons. The number of carboxylic acids is 1. The minimum absolute atomic E-state index is 0. The van der Waals surface area contributed by atoms with Crippen molar-refractivity contribution in [2.45, 2.75) is 58.0 Å². The molecule has 1 heterocycles. The maximum Gasteiger partial charge on any atom is 0.336 e. The number of para-hydroxylation sites is 2. The molecule has 2 atom stereocenters. The average Bonchev–Trinajstić information content (AvgIpc) is 2.91. The number of halogens is 1. The number of nitrogens with zero attached hydrogens (tertiary/aromatic N) is 1. The van der Waals surface area contributed by atoms with Crippen LogP contribution in [0, 0.1) is 0 Å². The van der Waals surface area contributed by atoms with E-state index < -0.39 is 5.97 Å². The number of ether oxygens (including phenoxy) is 1. The van der Waals surface area contributed by atoms with E-state index in [2.05, 4.69) is 54.3 Å². The number of carboxylic acid groups (broad SMARTS) is 1. The summed E-state index contributed by atoms with van der Waals surface area (Å²) in [6, 6.07) is 29.1.